The molecule has 0 radical (unpaired) electrons. The van der Waals surface area contributed by atoms with Crippen molar-refractivity contribution in [1.29, 1.82) is 0 Å². The molecule has 0 aromatic rings. The average molecular weight is 183 g/mol. The monoisotopic (exact) mass is 183 g/mol. The van der Waals surface area contributed by atoms with Gasteiger partial charge in [-0.25, -0.2) is 0 Å². The van der Waals surface area contributed by atoms with Crippen LogP contribution in [0.2, 0.25) is 0 Å². The Balaban J connectivity index is 3.51. The van der Waals surface area contributed by atoms with Crippen molar-refractivity contribution in [3.8, 4) is 0 Å². The van der Waals surface area contributed by atoms with Gasteiger partial charge in [0.2, 0.25) is 0 Å². The van der Waals surface area contributed by atoms with Crippen LogP contribution in [0.1, 0.15) is 47.0 Å². The van der Waals surface area contributed by atoms with E-state index in [1.54, 1.807) is 0 Å². The molecule has 13 heavy (non-hydrogen) atoms. The van der Waals surface area contributed by atoms with Crippen LogP contribution in [-0.4, -0.2) is 12.1 Å². The first-order valence-corrected chi connectivity index (χ1v) is 5.43. The first-order chi connectivity index (χ1) is 6.06. The van der Waals surface area contributed by atoms with Crippen molar-refractivity contribution in [2.75, 3.05) is 0 Å². The first-order valence-electron chi connectivity index (χ1n) is 5.43. The van der Waals surface area contributed by atoms with Gasteiger partial charge in [0.1, 0.15) is 0 Å². The van der Waals surface area contributed by atoms with Crippen LogP contribution in [0.5, 0.6) is 0 Å². The molecule has 1 nitrogen and oxygen atoms in total. The zero-order valence-corrected chi connectivity index (χ0v) is 9.64. The third kappa shape index (κ3) is 8.04. The van der Waals surface area contributed by atoms with Gasteiger partial charge in [-0.1, -0.05) is 19.9 Å². The molecule has 0 heterocycles. The Morgan fingerprint density at radius 2 is 1.77 bits per heavy atom. The number of nitrogens with one attached hydrogen (secondary N) is 1. The Kier molecular flexibility index (Phi) is 6.97. The second kappa shape index (κ2) is 7.14. The van der Waals surface area contributed by atoms with Crippen molar-refractivity contribution in [3.05, 3.63) is 12.7 Å². The van der Waals surface area contributed by atoms with E-state index in [-0.39, 0.29) is 0 Å². The standard InChI is InChI=1S/C12H25N/c1-6-7-8-11(4)13-12(5)9-10(2)3/h6,10-13H,1,7-9H2,2-5H3. The van der Waals surface area contributed by atoms with E-state index < -0.39 is 0 Å². The third-order valence-corrected chi connectivity index (χ3v) is 2.20. The molecule has 0 saturated carbocycles. The molecule has 0 aromatic heterocycles. The lowest BCUT2D eigenvalue weighted by Crippen LogP contribution is -2.35. The molecule has 0 saturated heterocycles. The summed E-state index contributed by atoms with van der Waals surface area (Å²) in [7, 11) is 0. The van der Waals surface area contributed by atoms with Gasteiger partial charge in [-0.2, -0.15) is 0 Å². The molecule has 1 N–H and O–H groups in total. The van der Waals surface area contributed by atoms with Gasteiger partial charge in [0.25, 0.3) is 0 Å². The van der Waals surface area contributed by atoms with Crippen LogP contribution in [0.15, 0.2) is 12.7 Å². The van der Waals surface area contributed by atoms with Gasteiger partial charge < -0.3 is 5.32 Å². The molecule has 0 aliphatic carbocycles. The second-order valence-electron chi connectivity index (χ2n) is 4.46. The second-order valence-corrected chi connectivity index (χ2v) is 4.46. The van der Waals surface area contributed by atoms with E-state index in [0.717, 1.165) is 12.3 Å². The number of hydrogen-bond acceptors (Lipinski definition) is 1. The van der Waals surface area contributed by atoms with E-state index in [2.05, 4.69) is 39.6 Å². The molecule has 78 valence electrons. The summed E-state index contributed by atoms with van der Waals surface area (Å²) < 4.78 is 0. The van der Waals surface area contributed by atoms with Crippen LogP contribution in [0.4, 0.5) is 0 Å². The smallest absolute Gasteiger partial charge is 0.00441 e. The molecule has 0 fully saturated rings. The maximum atomic E-state index is 3.73. The summed E-state index contributed by atoms with van der Waals surface area (Å²) in [5, 5.41) is 3.60. The van der Waals surface area contributed by atoms with E-state index in [9.17, 15) is 0 Å². The van der Waals surface area contributed by atoms with E-state index in [1.165, 1.54) is 12.8 Å². The van der Waals surface area contributed by atoms with Gasteiger partial charge in [-0.05, 0) is 39.0 Å². The molecule has 0 bridgehead atoms. The maximum Gasteiger partial charge on any atom is 0.00441 e. The highest BCUT2D eigenvalue weighted by molar-refractivity contribution is 4.73. The Labute approximate surface area is 83.6 Å². The van der Waals surface area contributed by atoms with E-state index in [1.807, 2.05) is 6.08 Å². The molecule has 0 aliphatic heterocycles. The van der Waals surface area contributed by atoms with Crippen molar-refractivity contribution in [1.82, 2.24) is 5.32 Å². The molecule has 0 amide bonds. The average Bonchev–Trinajstić information content (AvgIpc) is 1.98. The normalized spacial score (nSPS) is 15.8. The maximum absolute atomic E-state index is 3.73. The molecular formula is C12H25N. The van der Waals surface area contributed by atoms with Gasteiger partial charge in [-0.3, -0.25) is 0 Å². The Hall–Kier alpha value is -0.300. The van der Waals surface area contributed by atoms with Gasteiger partial charge in [-0.15, -0.1) is 6.58 Å². The fourth-order valence-corrected chi connectivity index (χ4v) is 1.71. The Bertz CT molecular complexity index is 129. The van der Waals surface area contributed by atoms with Crippen LogP contribution < -0.4 is 5.32 Å². The van der Waals surface area contributed by atoms with Crippen LogP contribution in [0, 0.1) is 5.92 Å². The minimum atomic E-state index is 0.617. The molecule has 0 spiro atoms. The summed E-state index contributed by atoms with van der Waals surface area (Å²) in [6, 6.07) is 1.26. The molecule has 1 heteroatoms. The fourth-order valence-electron chi connectivity index (χ4n) is 1.71. The van der Waals surface area contributed by atoms with Crippen molar-refractivity contribution in [2.45, 2.75) is 59.0 Å². The van der Waals surface area contributed by atoms with Crippen molar-refractivity contribution < 1.29 is 0 Å². The van der Waals surface area contributed by atoms with Gasteiger partial charge >= 0.3 is 0 Å². The summed E-state index contributed by atoms with van der Waals surface area (Å²) in [5.41, 5.74) is 0. The minimum absolute atomic E-state index is 0.617. The van der Waals surface area contributed by atoms with E-state index >= 15 is 0 Å². The van der Waals surface area contributed by atoms with Crippen molar-refractivity contribution in [3.63, 3.8) is 0 Å². The summed E-state index contributed by atoms with van der Waals surface area (Å²) in [4.78, 5) is 0. The zero-order chi connectivity index (χ0) is 10.3. The van der Waals surface area contributed by atoms with Crippen LogP contribution >= 0.6 is 0 Å². The summed E-state index contributed by atoms with van der Waals surface area (Å²) in [5.74, 6) is 0.786. The van der Waals surface area contributed by atoms with E-state index in [4.69, 9.17) is 0 Å². The lowest BCUT2D eigenvalue weighted by atomic mass is 10.0. The molecule has 2 unspecified atom stereocenters. The first kappa shape index (κ1) is 12.7. The zero-order valence-electron chi connectivity index (χ0n) is 9.64. The molecule has 2 atom stereocenters. The topological polar surface area (TPSA) is 12.0 Å². The molecule has 0 aliphatic rings. The van der Waals surface area contributed by atoms with Crippen molar-refractivity contribution in [2.24, 2.45) is 5.92 Å². The highest BCUT2D eigenvalue weighted by Crippen LogP contribution is 2.06. The van der Waals surface area contributed by atoms with Crippen LogP contribution in [0.25, 0.3) is 0 Å². The Morgan fingerprint density at radius 3 is 2.23 bits per heavy atom. The minimum Gasteiger partial charge on any atom is -0.312 e. The highest BCUT2D eigenvalue weighted by Gasteiger charge is 2.07. The SMILES string of the molecule is C=CCCC(C)NC(C)CC(C)C. The predicted octanol–water partition coefficient (Wildman–Crippen LogP) is 3.37. The number of allylic oxidation sites excluding steroid dienone is 1. The van der Waals surface area contributed by atoms with Gasteiger partial charge in [0, 0.05) is 12.1 Å². The number of rotatable bonds is 7. The molecule has 0 rings (SSSR count). The van der Waals surface area contributed by atoms with Crippen LogP contribution in [-0.2, 0) is 0 Å². The molecule has 0 aromatic carbocycles. The van der Waals surface area contributed by atoms with Crippen LogP contribution in [0.3, 0.4) is 0 Å². The van der Waals surface area contributed by atoms with Gasteiger partial charge in [0.15, 0.2) is 0 Å². The highest BCUT2D eigenvalue weighted by atomic mass is 14.9. The predicted molar refractivity (Wildman–Crippen MR) is 60.9 cm³/mol. The van der Waals surface area contributed by atoms with Gasteiger partial charge in [0.05, 0.1) is 0 Å². The summed E-state index contributed by atoms with van der Waals surface area (Å²) >= 11 is 0. The third-order valence-electron chi connectivity index (χ3n) is 2.20. The number of hydrogen-bond donors (Lipinski definition) is 1. The summed E-state index contributed by atoms with van der Waals surface area (Å²) in [6.07, 6.45) is 5.57. The Morgan fingerprint density at radius 1 is 1.15 bits per heavy atom. The quantitative estimate of drug-likeness (QED) is 0.597. The fraction of sp³-hybridized carbons (Fsp3) is 0.833. The summed E-state index contributed by atoms with van der Waals surface area (Å²) in [6.45, 7) is 12.8. The van der Waals surface area contributed by atoms with Crippen molar-refractivity contribution >= 4 is 0 Å². The largest absolute Gasteiger partial charge is 0.312 e. The lowest BCUT2D eigenvalue weighted by molar-refractivity contribution is 0.391. The lowest BCUT2D eigenvalue weighted by Gasteiger charge is -2.20. The van der Waals surface area contributed by atoms with E-state index in [0.29, 0.717) is 12.1 Å². The molecular weight excluding hydrogens is 158 g/mol.